The number of nitrogens with zero attached hydrogens (tertiary/aromatic N) is 1. The van der Waals surface area contributed by atoms with Gasteiger partial charge in [-0.15, -0.1) is 0 Å². The Morgan fingerprint density at radius 2 is 1.21 bits per heavy atom. The van der Waals surface area contributed by atoms with E-state index < -0.39 is 6.10 Å². The summed E-state index contributed by atoms with van der Waals surface area (Å²) in [4.78, 5) is 2.41. The molecule has 0 radical (unpaired) electrons. The number of para-hydroxylation sites is 1. The van der Waals surface area contributed by atoms with Gasteiger partial charge in [0.05, 0.1) is 6.10 Å². The Kier molecular flexibility index (Phi) is 7.98. The first-order valence-corrected chi connectivity index (χ1v) is 12.3. The Balaban J connectivity index is 1.84. The molecule has 1 N–H and O–H groups in total. The van der Waals surface area contributed by atoms with E-state index in [4.69, 9.17) is 4.74 Å². The Bertz CT molecular complexity index is 1160. The van der Waals surface area contributed by atoms with Crippen LogP contribution < -0.4 is 4.74 Å². The van der Waals surface area contributed by atoms with Crippen LogP contribution >= 0.6 is 0 Å². The molecule has 0 bridgehead atoms. The topological polar surface area (TPSA) is 32.7 Å². The highest BCUT2D eigenvalue weighted by Gasteiger charge is 2.23. The molecule has 1 unspecified atom stereocenters. The third-order valence-corrected chi connectivity index (χ3v) is 6.31. The van der Waals surface area contributed by atoms with Crippen LogP contribution in [0.25, 0.3) is 21.5 Å². The summed E-state index contributed by atoms with van der Waals surface area (Å²) < 4.78 is 6.52. The fraction of sp³-hybridized carbons (Fsp3) is 0.333. The summed E-state index contributed by atoms with van der Waals surface area (Å²) in [5.74, 6) is 1.54. The van der Waals surface area contributed by atoms with Crippen LogP contribution in [-0.2, 0) is 0 Å². The second-order valence-corrected chi connectivity index (χ2v) is 8.77. The molecule has 4 aromatic rings. The van der Waals surface area contributed by atoms with Gasteiger partial charge in [0.1, 0.15) is 11.5 Å². The molecular formula is C30H35NO2. The van der Waals surface area contributed by atoms with E-state index in [2.05, 4.69) is 55.1 Å². The maximum Gasteiger partial charge on any atom is 0.141 e. The molecule has 1 atom stereocenters. The molecule has 0 aliphatic rings. The predicted octanol–water partition coefficient (Wildman–Crippen LogP) is 7.72. The zero-order valence-electron chi connectivity index (χ0n) is 19.8. The van der Waals surface area contributed by atoms with Crippen molar-refractivity contribution in [2.75, 3.05) is 19.6 Å². The summed E-state index contributed by atoms with van der Waals surface area (Å²) in [5, 5.41) is 16.1. The molecule has 0 aliphatic heterocycles. The molecule has 0 saturated carbocycles. The molecule has 0 spiro atoms. The summed E-state index contributed by atoms with van der Waals surface area (Å²) in [6.45, 7) is 7.06. The first kappa shape index (κ1) is 23.3. The maximum absolute atomic E-state index is 11.7. The van der Waals surface area contributed by atoms with Crippen molar-refractivity contribution in [2.24, 2.45) is 0 Å². The first-order valence-electron chi connectivity index (χ1n) is 12.3. The van der Waals surface area contributed by atoms with E-state index in [1.165, 1.54) is 0 Å². The van der Waals surface area contributed by atoms with E-state index in [1.807, 2.05) is 42.5 Å². The van der Waals surface area contributed by atoms with Crippen molar-refractivity contribution in [2.45, 2.75) is 45.6 Å². The van der Waals surface area contributed by atoms with Crippen LogP contribution in [0, 0.1) is 0 Å². The van der Waals surface area contributed by atoms with Gasteiger partial charge in [-0.05, 0) is 54.2 Å². The highest BCUT2D eigenvalue weighted by molar-refractivity contribution is 6.12. The van der Waals surface area contributed by atoms with Gasteiger partial charge in [0.15, 0.2) is 0 Å². The molecular weight excluding hydrogens is 406 g/mol. The highest BCUT2D eigenvalue weighted by Crippen LogP contribution is 2.43. The number of hydrogen-bond donors (Lipinski definition) is 1. The summed E-state index contributed by atoms with van der Waals surface area (Å²) in [7, 11) is 0. The number of hydrogen-bond acceptors (Lipinski definition) is 3. The van der Waals surface area contributed by atoms with E-state index in [0.717, 1.165) is 77.4 Å². The molecule has 33 heavy (non-hydrogen) atoms. The molecule has 4 rings (SSSR count). The molecule has 3 nitrogen and oxygen atoms in total. The number of ether oxygens (including phenoxy) is 1. The molecule has 0 fully saturated rings. The van der Waals surface area contributed by atoms with Gasteiger partial charge in [-0.25, -0.2) is 0 Å². The standard InChI is InChI=1S/C30H35NO2/c1-3-5-20-31(21-6-4-2)22-28(32)29-26-18-12-10-16-24(26)25-17-11-13-19-27(25)30(29)33-23-14-8-7-9-15-23/h7-19,28,32H,3-6,20-22H2,1-2H3. The van der Waals surface area contributed by atoms with Crippen LogP contribution in [0.15, 0.2) is 78.9 Å². The van der Waals surface area contributed by atoms with Gasteiger partial charge in [0, 0.05) is 17.5 Å². The minimum atomic E-state index is -0.646. The van der Waals surface area contributed by atoms with E-state index in [9.17, 15) is 5.11 Å². The summed E-state index contributed by atoms with van der Waals surface area (Å²) in [6.07, 6.45) is 3.94. The van der Waals surface area contributed by atoms with Gasteiger partial charge in [-0.3, -0.25) is 0 Å². The molecule has 0 aromatic heterocycles. The average Bonchev–Trinajstić information content (AvgIpc) is 2.86. The zero-order chi connectivity index (χ0) is 23.0. The normalized spacial score (nSPS) is 12.5. The monoisotopic (exact) mass is 441 g/mol. The Morgan fingerprint density at radius 3 is 1.82 bits per heavy atom. The van der Waals surface area contributed by atoms with Crippen LogP contribution in [-0.4, -0.2) is 29.6 Å². The lowest BCUT2D eigenvalue weighted by molar-refractivity contribution is 0.110. The van der Waals surface area contributed by atoms with E-state index in [1.54, 1.807) is 0 Å². The molecule has 0 saturated heterocycles. The lowest BCUT2D eigenvalue weighted by atomic mass is 9.92. The van der Waals surface area contributed by atoms with Crippen LogP contribution in [0.2, 0.25) is 0 Å². The smallest absolute Gasteiger partial charge is 0.141 e. The SMILES string of the molecule is CCCCN(CCCC)CC(O)c1c(Oc2ccccc2)c2ccccc2c2ccccc12. The highest BCUT2D eigenvalue weighted by atomic mass is 16.5. The zero-order valence-corrected chi connectivity index (χ0v) is 19.8. The van der Waals surface area contributed by atoms with Crippen molar-refractivity contribution in [3.05, 3.63) is 84.4 Å². The average molecular weight is 442 g/mol. The number of rotatable bonds is 11. The van der Waals surface area contributed by atoms with Crippen LogP contribution in [0.5, 0.6) is 11.5 Å². The van der Waals surface area contributed by atoms with Crippen molar-refractivity contribution in [3.8, 4) is 11.5 Å². The van der Waals surface area contributed by atoms with E-state index >= 15 is 0 Å². The summed E-state index contributed by atoms with van der Waals surface area (Å²) >= 11 is 0. The lowest BCUT2D eigenvalue weighted by Crippen LogP contribution is -2.31. The van der Waals surface area contributed by atoms with Crippen LogP contribution in [0.4, 0.5) is 0 Å². The Morgan fingerprint density at radius 1 is 0.697 bits per heavy atom. The molecule has 0 aliphatic carbocycles. The minimum Gasteiger partial charge on any atom is -0.456 e. The summed E-state index contributed by atoms with van der Waals surface area (Å²) in [5.41, 5.74) is 0.881. The molecule has 172 valence electrons. The van der Waals surface area contributed by atoms with Gasteiger partial charge < -0.3 is 14.7 Å². The van der Waals surface area contributed by atoms with Gasteiger partial charge in [-0.1, -0.05) is 93.4 Å². The second kappa shape index (κ2) is 11.3. The predicted molar refractivity (Wildman–Crippen MR) is 139 cm³/mol. The van der Waals surface area contributed by atoms with Crippen molar-refractivity contribution < 1.29 is 9.84 Å². The van der Waals surface area contributed by atoms with Crippen LogP contribution in [0.1, 0.15) is 51.2 Å². The van der Waals surface area contributed by atoms with E-state index in [0.29, 0.717) is 6.54 Å². The van der Waals surface area contributed by atoms with Gasteiger partial charge in [0.2, 0.25) is 0 Å². The van der Waals surface area contributed by atoms with Crippen LogP contribution in [0.3, 0.4) is 0 Å². The van der Waals surface area contributed by atoms with Gasteiger partial charge in [-0.2, -0.15) is 0 Å². The fourth-order valence-electron chi connectivity index (χ4n) is 4.58. The molecule has 0 amide bonds. The number of benzene rings is 4. The number of fused-ring (bicyclic) bond motifs is 3. The summed E-state index contributed by atoms with van der Waals surface area (Å²) in [6, 6.07) is 26.6. The number of aliphatic hydroxyl groups excluding tert-OH is 1. The number of aliphatic hydroxyl groups is 1. The van der Waals surface area contributed by atoms with E-state index in [-0.39, 0.29) is 0 Å². The molecule has 3 heteroatoms. The van der Waals surface area contributed by atoms with Gasteiger partial charge in [0.25, 0.3) is 0 Å². The fourth-order valence-corrected chi connectivity index (χ4v) is 4.58. The third kappa shape index (κ3) is 5.38. The lowest BCUT2D eigenvalue weighted by Gasteiger charge is -2.27. The van der Waals surface area contributed by atoms with Crippen molar-refractivity contribution >= 4 is 21.5 Å². The van der Waals surface area contributed by atoms with Crippen molar-refractivity contribution in [3.63, 3.8) is 0 Å². The van der Waals surface area contributed by atoms with Gasteiger partial charge >= 0.3 is 0 Å². The Labute approximate surface area is 197 Å². The Hall–Kier alpha value is -2.88. The maximum atomic E-state index is 11.7. The number of unbranched alkanes of at least 4 members (excludes halogenated alkanes) is 2. The second-order valence-electron chi connectivity index (χ2n) is 8.77. The molecule has 0 heterocycles. The first-order chi connectivity index (χ1) is 16.2. The molecule has 4 aromatic carbocycles. The largest absolute Gasteiger partial charge is 0.456 e. The quantitative estimate of drug-likeness (QED) is 0.242. The third-order valence-electron chi connectivity index (χ3n) is 6.31. The van der Waals surface area contributed by atoms with Crippen molar-refractivity contribution in [1.82, 2.24) is 4.90 Å². The van der Waals surface area contributed by atoms with Crippen molar-refractivity contribution in [1.29, 1.82) is 0 Å². The minimum absolute atomic E-state index is 0.605.